The maximum absolute atomic E-state index is 14.4. The molecule has 3 rings (SSSR count). The van der Waals surface area contributed by atoms with Crippen LogP contribution in [-0.4, -0.2) is 6.61 Å². The summed E-state index contributed by atoms with van der Waals surface area (Å²) in [6.07, 6.45) is 16.7. The van der Waals surface area contributed by atoms with Crippen LogP contribution < -0.4 is 0 Å². The molecule has 0 unspecified atom stereocenters. The van der Waals surface area contributed by atoms with Crippen LogP contribution in [0.1, 0.15) is 108 Å². The van der Waals surface area contributed by atoms with E-state index in [2.05, 4.69) is 13.0 Å². The van der Waals surface area contributed by atoms with Gasteiger partial charge in [-0.1, -0.05) is 57.6 Å². The molecule has 1 aromatic carbocycles. The van der Waals surface area contributed by atoms with Gasteiger partial charge in [0.1, 0.15) is 5.82 Å². The lowest BCUT2D eigenvalue weighted by molar-refractivity contribution is 0.131. The van der Waals surface area contributed by atoms with Gasteiger partial charge in [-0.3, -0.25) is 0 Å². The third-order valence-electron chi connectivity index (χ3n) is 7.56. The number of ether oxygens (including phenoxy) is 1. The first-order valence-corrected chi connectivity index (χ1v) is 12.1. The van der Waals surface area contributed by atoms with Crippen LogP contribution in [0.4, 0.5) is 4.39 Å². The summed E-state index contributed by atoms with van der Waals surface area (Å²) in [6, 6.07) is 5.86. The fourth-order valence-electron chi connectivity index (χ4n) is 5.70. The first-order valence-electron chi connectivity index (χ1n) is 12.1. The highest BCUT2D eigenvalue weighted by Gasteiger charge is 2.31. The largest absolute Gasteiger partial charge is 0.377 e. The van der Waals surface area contributed by atoms with Crippen molar-refractivity contribution in [3.05, 3.63) is 35.1 Å². The first-order chi connectivity index (χ1) is 13.7. The van der Waals surface area contributed by atoms with Gasteiger partial charge in [0.15, 0.2) is 0 Å². The highest BCUT2D eigenvalue weighted by molar-refractivity contribution is 5.27. The van der Waals surface area contributed by atoms with Gasteiger partial charge in [0.05, 0.1) is 6.61 Å². The van der Waals surface area contributed by atoms with E-state index >= 15 is 0 Å². The second kappa shape index (κ2) is 11.3. The van der Waals surface area contributed by atoms with Crippen LogP contribution in [0.2, 0.25) is 0 Å². The molecule has 1 aromatic rings. The van der Waals surface area contributed by atoms with Gasteiger partial charge in [-0.15, -0.1) is 0 Å². The molecule has 0 N–H and O–H groups in total. The van der Waals surface area contributed by atoms with E-state index in [4.69, 9.17) is 4.74 Å². The van der Waals surface area contributed by atoms with Crippen LogP contribution in [0.3, 0.4) is 0 Å². The van der Waals surface area contributed by atoms with Gasteiger partial charge in [0.25, 0.3) is 0 Å². The number of benzene rings is 1. The second-order valence-electron chi connectivity index (χ2n) is 9.38. The van der Waals surface area contributed by atoms with E-state index in [0.717, 1.165) is 17.8 Å². The molecular weight excluding hydrogens is 347 g/mol. The smallest absolute Gasteiger partial charge is 0.129 e. The summed E-state index contributed by atoms with van der Waals surface area (Å²) in [5, 5.41) is 0. The Balaban J connectivity index is 1.43. The summed E-state index contributed by atoms with van der Waals surface area (Å²) in [7, 11) is 0. The van der Waals surface area contributed by atoms with Crippen molar-refractivity contribution in [2.75, 3.05) is 6.61 Å². The van der Waals surface area contributed by atoms with Crippen LogP contribution in [0.15, 0.2) is 18.2 Å². The molecule has 0 aromatic heterocycles. The molecule has 0 radical (unpaired) electrons. The fourth-order valence-corrected chi connectivity index (χ4v) is 5.70. The number of halogens is 1. The quantitative estimate of drug-likeness (QED) is 0.389. The Morgan fingerprint density at radius 3 is 2.18 bits per heavy atom. The van der Waals surface area contributed by atoms with Crippen molar-refractivity contribution in [1.82, 2.24) is 0 Å². The van der Waals surface area contributed by atoms with Crippen LogP contribution in [0.25, 0.3) is 0 Å². The maximum atomic E-state index is 14.4. The van der Waals surface area contributed by atoms with E-state index in [1.807, 2.05) is 13.0 Å². The van der Waals surface area contributed by atoms with Gasteiger partial charge in [-0.2, -0.15) is 0 Å². The van der Waals surface area contributed by atoms with E-state index in [9.17, 15) is 4.39 Å². The van der Waals surface area contributed by atoms with Crippen LogP contribution in [0, 0.1) is 23.6 Å². The molecule has 0 saturated heterocycles. The Kier molecular flexibility index (Phi) is 8.83. The Labute approximate surface area is 172 Å². The Morgan fingerprint density at radius 2 is 1.57 bits per heavy atom. The molecule has 0 aliphatic heterocycles. The van der Waals surface area contributed by atoms with Gasteiger partial charge in [0, 0.05) is 12.2 Å². The molecule has 28 heavy (non-hydrogen) atoms. The average molecular weight is 389 g/mol. The average Bonchev–Trinajstić information content (AvgIpc) is 2.74. The molecule has 2 aliphatic carbocycles. The van der Waals surface area contributed by atoms with Gasteiger partial charge in [-0.05, 0) is 80.8 Å². The van der Waals surface area contributed by atoms with E-state index in [1.54, 1.807) is 6.07 Å². The van der Waals surface area contributed by atoms with Gasteiger partial charge < -0.3 is 4.74 Å². The van der Waals surface area contributed by atoms with Crippen molar-refractivity contribution in [3.63, 3.8) is 0 Å². The Morgan fingerprint density at radius 1 is 0.893 bits per heavy atom. The van der Waals surface area contributed by atoms with Crippen LogP contribution >= 0.6 is 0 Å². The molecule has 2 heteroatoms. The minimum Gasteiger partial charge on any atom is -0.377 e. The predicted octanol–water partition coefficient (Wildman–Crippen LogP) is 8.02. The minimum absolute atomic E-state index is 0.0885. The highest BCUT2D eigenvalue weighted by Crippen LogP contribution is 2.44. The summed E-state index contributed by atoms with van der Waals surface area (Å²) in [5.41, 5.74) is 1.89. The molecule has 2 saturated carbocycles. The zero-order valence-corrected chi connectivity index (χ0v) is 18.2. The molecule has 2 aliphatic rings. The standard InChI is InChI=1S/C26H41FO/c1-3-5-6-7-20-8-10-21(11-9-20)22-12-14-23(15-13-22)24-16-17-25(19-28-4-2)26(27)18-24/h16-18,20-23H,3-15,19H2,1-2H3/t20-,21-,22-,23-. The van der Waals surface area contributed by atoms with E-state index in [1.165, 1.54) is 82.6 Å². The molecule has 0 atom stereocenters. The van der Waals surface area contributed by atoms with Crippen molar-refractivity contribution in [1.29, 1.82) is 0 Å². The molecule has 1 nitrogen and oxygen atoms in total. The summed E-state index contributed by atoms with van der Waals surface area (Å²) >= 11 is 0. The monoisotopic (exact) mass is 388 g/mol. The van der Waals surface area contributed by atoms with Crippen molar-refractivity contribution < 1.29 is 9.13 Å². The van der Waals surface area contributed by atoms with Crippen LogP contribution in [0.5, 0.6) is 0 Å². The highest BCUT2D eigenvalue weighted by atomic mass is 19.1. The van der Waals surface area contributed by atoms with Crippen LogP contribution in [-0.2, 0) is 11.3 Å². The molecule has 158 valence electrons. The molecule has 0 spiro atoms. The van der Waals surface area contributed by atoms with Gasteiger partial charge in [0.2, 0.25) is 0 Å². The lowest BCUT2D eigenvalue weighted by Gasteiger charge is -2.38. The third kappa shape index (κ3) is 6.05. The normalized spacial score (nSPS) is 28.4. The SMILES string of the molecule is CCCCC[C@H]1CC[C@H]([C@H]2CC[C@H](c3ccc(COCC)c(F)c3)CC2)CC1. The molecule has 0 amide bonds. The first kappa shape index (κ1) is 21.8. The summed E-state index contributed by atoms with van der Waals surface area (Å²) < 4.78 is 19.7. The topological polar surface area (TPSA) is 9.23 Å². The minimum atomic E-state index is -0.0885. The van der Waals surface area contributed by atoms with E-state index < -0.39 is 0 Å². The predicted molar refractivity (Wildman–Crippen MR) is 116 cm³/mol. The molecule has 0 heterocycles. The third-order valence-corrected chi connectivity index (χ3v) is 7.56. The summed E-state index contributed by atoms with van der Waals surface area (Å²) in [6.45, 7) is 5.27. The fraction of sp³-hybridized carbons (Fsp3) is 0.769. The van der Waals surface area contributed by atoms with Gasteiger partial charge >= 0.3 is 0 Å². The Hall–Kier alpha value is -0.890. The second-order valence-corrected chi connectivity index (χ2v) is 9.38. The van der Waals surface area contributed by atoms with Crippen molar-refractivity contribution in [2.45, 2.75) is 103 Å². The number of hydrogen-bond acceptors (Lipinski definition) is 1. The lowest BCUT2D eigenvalue weighted by Crippen LogP contribution is -2.25. The number of hydrogen-bond donors (Lipinski definition) is 0. The maximum Gasteiger partial charge on any atom is 0.129 e. The summed E-state index contributed by atoms with van der Waals surface area (Å²) in [4.78, 5) is 0. The zero-order chi connectivity index (χ0) is 19.8. The number of rotatable bonds is 9. The molecular formula is C26H41FO. The lowest BCUT2D eigenvalue weighted by atomic mass is 9.68. The summed E-state index contributed by atoms with van der Waals surface area (Å²) in [5.74, 6) is 3.37. The van der Waals surface area contributed by atoms with E-state index in [0.29, 0.717) is 24.7 Å². The van der Waals surface area contributed by atoms with Crippen molar-refractivity contribution in [3.8, 4) is 0 Å². The van der Waals surface area contributed by atoms with Crippen molar-refractivity contribution >= 4 is 0 Å². The van der Waals surface area contributed by atoms with E-state index in [-0.39, 0.29) is 5.82 Å². The van der Waals surface area contributed by atoms with Crippen molar-refractivity contribution in [2.24, 2.45) is 17.8 Å². The molecule has 2 fully saturated rings. The van der Waals surface area contributed by atoms with Gasteiger partial charge in [-0.25, -0.2) is 4.39 Å². The zero-order valence-electron chi connectivity index (χ0n) is 18.2. The Bertz CT molecular complexity index is 568. The molecule has 0 bridgehead atoms. The number of unbranched alkanes of at least 4 members (excludes halogenated alkanes) is 2.